The molecule has 10 nitrogen and oxygen atoms in total. The highest BCUT2D eigenvalue weighted by Gasteiger charge is 2.51. The van der Waals surface area contributed by atoms with Crippen molar-refractivity contribution in [1.29, 1.82) is 0 Å². The lowest BCUT2D eigenvalue weighted by molar-refractivity contribution is -0.134. The normalized spacial score (nSPS) is 16.2. The monoisotopic (exact) mass is 620 g/mol. The lowest BCUT2D eigenvalue weighted by Gasteiger charge is -2.24. The Kier molecular flexibility index (Phi) is 7.88. The number of anilines is 1. The van der Waals surface area contributed by atoms with E-state index in [1.54, 1.807) is 18.2 Å². The molecule has 192 valence electrons. The molecule has 3 aromatic rings. The van der Waals surface area contributed by atoms with Gasteiger partial charge in [-0.1, -0.05) is 12.1 Å². The molecule has 2 heterocycles. The average Bonchev–Trinajstić information content (AvgIpc) is 3.12. The van der Waals surface area contributed by atoms with Gasteiger partial charge in [0.2, 0.25) is 5.91 Å². The lowest BCUT2D eigenvalue weighted by atomic mass is 10.0. The van der Waals surface area contributed by atoms with Gasteiger partial charge in [0.25, 0.3) is 5.91 Å². The molecule has 1 unspecified atom stereocenters. The van der Waals surface area contributed by atoms with Crippen LogP contribution in [0.4, 0.5) is 14.9 Å². The van der Waals surface area contributed by atoms with Gasteiger partial charge in [0.05, 0.1) is 18.0 Å². The van der Waals surface area contributed by atoms with Gasteiger partial charge in [-0.25, -0.2) is 14.1 Å². The van der Waals surface area contributed by atoms with E-state index in [4.69, 9.17) is 15.6 Å². The molecular weight excluding hydrogens is 598 g/mol. The maximum absolute atomic E-state index is 15.1. The number of nitrogens with zero attached hydrogens (tertiary/aromatic N) is 3. The molecule has 0 bridgehead atoms. The third-order valence-electron chi connectivity index (χ3n) is 5.76. The van der Waals surface area contributed by atoms with Crippen LogP contribution in [-0.2, 0) is 16.0 Å². The molecule has 2 atom stereocenters. The van der Waals surface area contributed by atoms with Gasteiger partial charge in [-0.15, -0.1) is 0 Å². The van der Waals surface area contributed by atoms with Gasteiger partial charge < -0.3 is 20.7 Å². The molecule has 4 amide bonds. The molecule has 0 saturated carbocycles. The highest BCUT2D eigenvalue weighted by atomic mass is 127. The Morgan fingerprint density at radius 2 is 1.92 bits per heavy atom. The summed E-state index contributed by atoms with van der Waals surface area (Å²) in [5.41, 5.74) is 5.84. The molecule has 1 saturated heterocycles. The number of aliphatic hydroxyl groups is 1. The van der Waals surface area contributed by atoms with Crippen LogP contribution in [0.15, 0.2) is 60.8 Å². The first-order chi connectivity index (χ1) is 17.7. The molecule has 1 aromatic heterocycles. The summed E-state index contributed by atoms with van der Waals surface area (Å²) in [6.07, 6.45) is 1.06. The summed E-state index contributed by atoms with van der Waals surface area (Å²) in [5, 5.41) is 19.1. The number of hydrogen-bond acceptors (Lipinski definition) is 7. The van der Waals surface area contributed by atoms with Gasteiger partial charge in [-0.05, 0) is 70.6 Å². The number of aliphatic hydroxyl groups excluding tert-OH is 1. The zero-order chi connectivity index (χ0) is 26.7. The number of aromatic hydroxyl groups is 1. The zero-order valence-corrected chi connectivity index (χ0v) is 21.4. The molecule has 1 aliphatic rings. The Morgan fingerprint density at radius 3 is 2.54 bits per heavy atom. The fourth-order valence-electron chi connectivity index (χ4n) is 4.06. The minimum absolute atomic E-state index is 0.0627. The van der Waals surface area contributed by atoms with Crippen LogP contribution in [0, 0.1) is 9.39 Å². The Bertz CT molecular complexity index is 1340. The van der Waals surface area contributed by atoms with Crippen molar-refractivity contribution >= 4 is 46.1 Å². The van der Waals surface area contributed by atoms with Crippen LogP contribution >= 0.6 is 22.6 Å². The summed E-state index contributed by atoms with van der Waals surface area (Å²) < 4.78 is 21.0. The summed E-state index contributed by atoms with van der Waals surface area (Å²) in [5.74, 6) is -2.35. The van der Waals surface area contributed by atoms with E-state index in [-0.39, 0.29) is 36.8 Å². The minimum atomic E-state index is -1.49. The van der Waals surface area contributed by atoms with Gasteiger partial charge in [-0.2, -0.15) is 0 Å². The highest BCUT2D eigenvalue weighted by molar-refractivity contribution is 14.1. The van der Waals surface area contributed by atoms with Gasteiger partial charge in [0, 0.05) is 16.2 Å². The van der Waals surface area contributed by atoms with Crippen molar-refractivity contribution in [2.24, 2.45) is 5.73 Å². The number of pyridine rings is 1. The smallest absolute Gasteiger partial charge is 0.333 e. The van der Waals surface area contributed by atoms with Crippen LogP contribution in [0.3, 0.4) is 0 Å². The number of hydrogen-bond donors (Lipinski definition) is 3. The Labute approximate surface area is 224 Å². The fourth-order valence-corrected chi connectivity index (χ4v) is 4.51. The minimum Gasteiger partial charge on any atom is -0.506 e. The van der Waals surface area contributed by atoms with E-state index in [1.807, 2.05) is 22.6 Å². The van der Waals surface area contributed by atoms with E-state index < -0.39 is 35.7 Å². The largest absolute Gasteiger partial charge is 0.506 e. The molecular formula is C25H22FIN4O6. The van der Waals surface area contributed by atoms with E-state index in [9.17, 15) is 19.5 Å². The first-order valence-corrected chi connectivity index (χ1v) is 12.2. The van der Waals surface area contributed by atoms with Crippen molar-refractivity contribution in [2.45, 2.75) is 18.5 Å². The maximum Gasteiger partial charge on any atom is 0.333 e. The number of rotatable bonds is 9. The van der Waals surface area contributed by atoms with E-state index in [0.29, 0.717) is 19.8 Å². The predicted molar refractivity (Wildman–Crippen MR) is 138 cm³/mol. The van der Waals surface area contributed by atoms with Crippen molar-refractivity contribution in [1.82, 2.24) is 9.88 Å². The number of carbonyl (C=O) groups is 3. The molecule has 12 heteroatoms. The summed E-state index contributed by atoms with van der Waals surface area (Å²) >= 11 is 1.92. The molecule has 0 aliphatic carbocycles. The molecule has 1 fully saturated rings. The van der Waals surface area contributed by atoms with Crippen molar-refractivity contribution in [3.05, 3.63) is 81.4 Å². The topological polar surface area (TPSA) is 146 Å². The number of halogens is 2. The fraction of sp³-hybridized carbons (Fsp3) is 0.200. The standard InChI is InChI=1S/C25H22FIN4O6/c26-17-12-15(27)5-8-19(17)30-22(14-3-6-16(7-4-14)37-11-10-32)24(35)31(25(30)36)20(23(28)34)13-18-21(33)2-1-9-29-18/h1-9,12,20,22,32-33H,10-11,13H2,(H2,28,34)/t20?,22-/m1/s1. The zero-order valence-electron chi connectivity index (χ0n) is 19.3. The molecule has 4 N–H and O–H groups in total. The number of carbonyl (C=O) groups excluding carboxylic acids is 3. The number of aromatic nitrogens is 1. The summed E-state index contributed by atoms with van der Waals surface area (Å²) in [6.45, 7) is -0.124. The van der Waals surface area contributed by atoms with Crippen LogP contribution in [0.2, 0.25) is 0 Å². The first-order valence-electron chi connectivity index (χ1n) is 11.1. The number of benzene rings is 2. The number of primary amides is 1. The number of ether oxygens (including phenoxy) is 1. The van der Waals surface area contributed by atoms with E-state index in [2.05, 4.69) is 4.98 Å². The van der Waals surface area contributed by atoms with Crippen molar-refractivity contribution in [3.8, 4) is 11.5 Å². The lowest BCUT2D eigenvalue weighted by Crippen LogP contribution is -2.50. The number of amides is 4. The molecule has 0 radical (unpaired) electrons. The Morgan fingerprint density at radius 1 is 1.19 bits per heavy atom. The van der Waals surface area contributed by atoms with E-state index >= 15 is 4.39 Å². The second-order valence-electron chi connectivity index (χ2n) is 8.09. The number of imide groups is 1. The van der Waals surface area contributed by atoms with Crippen LogP contribution in [-0.4, -0.2) is 57.2 Å². The van der Waals surface area contributed by atoms with Gasteiger partial charge in [-0.3, -0.25) is 19.5 Å². The summed E-state index contributed by atoms with van der Waals surface area (Å²) in [4.78, 5) is 45.6. The number of urea groups is 1. The quantitative estimate of drug-likeness (QED) is 0.246. The summed E-state index contributed by atoms with van der Waals surface area (Å²) in [6, 6.07) is 9.42. The highest BCUT2D eigenvalue weighted by Crippen LogP contribution is 2.39. The summed E-state index contributed by atoms with van der Waals surface area (Å²) in [7, 11) is 0. The third kappa shape index (κ3) is 5.34. The van der Waals surface area contributed by atoms with Crippen LogP contribution < -0.4 is 15.4 Å². The average molecular weight is 620 g/mol. The predicted octanol–water partition coefficient (Wildman–Crippen LogP) is 2.51. The van der Waals surface area contributed by atoms with Crippen LogP contribution in [0.25, 0.3) is 0 Å². The first kappa shape index (κ1) is 26.3. The molecule has 0 spiro atoms. The Balaban J connectivity index is 1.78. The van der Waals surface area contributed by atoms with Crippen LogP contribution in [0.1, 0.15) is 17.3 Å². The van der Waals surface area contributed by atoms with Crippen molar-refractivity contribution in [3.63, 3.8) is 0 Å². The molecule has 37 heavy (non-hydrogen) atoms. The molecule has 4 rings (SSSR count). The van der Waals surface area contributed by atoms with Crippen molar-refractivity contribution < 1.29 is 33.7 Å². The third-order valence-corrected chi connectivity index (χ3v) is 6.43. The SMILES string of the molecule is NC(=O)C(Cc1ncccc1O)N1C(=O)[C@@H](c2ccc(OCCO)cc2)N(c2ccc(I)cc2F)C1=O. The molecule has 2 aromatic carbocycles. The van der Waals surface area contributed by atoms with E-state index in [0.717, 1.165) is 4.90 Å². The number of nitrogens with two attached hydrogens (primary N) is 1. The second kappa shape index (κ2) is 11.1. The Hall–Kier alpha value is -3.78. The molecule has 1 aliphatic heterocycles. The van der Waals surface area contributed by atoms with Gasteiger partial charge >= 0.3 is 6.03 Å². The second-order valence-corrected chi connectivity index (χ2v) is 9.34. The maximum atomic E-state index is 15.1. The van der Waals surface area contributed by atoms with Crippen LogP contribution in [0.5, 0.6) is 11.5 Å². The van der Waals surface area contributed by atoms with Gasteiger partial charge in [0.1, 0.15) is 36.0 Å². The van der Waals surface area contributed by atoms with Crippen molar-refractivity contribution in [2.75, 3.05) is 18.1 Å². The van der Waals surface area contributed by atoms with Gasteiger partial charge in [0.15, 0.2) is 0 Å². The van der Waals surface area contributed by atoms with E-state index in [1.165, 1.54) is 42.6 Å².